The molecule has 5 heteroatoms. The number of hydrogen-bond acceptors (Lipinski definition) is 4. The molecule has 1 aromatic carbocycles. The Labute approximate surface area is 110 Å². The minimum atomic E-state index is -0.306. The summed E-state index contributed by atoms with van der Waals surface area (Å²) in [6.45, 7) is 3.09. The number of hydrogen-bond donors (Lipinski definition) is 1. The zero-order chi connectivity index (χ0) is 14.0. The van der Waals surface area contributed by atoms with E-state index >= 15 is 0 Å². The Morgan fingerprint density at radius 2 is 2.11 bits per heavy atom. The lowest BCUT2D eigenvalue weighted by atomic mass is 10.1. The first-order valence-electron chi connectivity index (χ1n) is 6.24. The molecule has 0 unspecified atom stereocenters. The average molecular weight is 260 g/mol. The lowest BCUT2D eigenvalue weighted by Crippen LogP contribution is -2.13. The average Bonchev–Trinajstić information content (AvgIpc) is 2.76. The van der Waals surface area contributed by atoms with E-state index in [2.05, 4.69) is 4.98 Å². The van der Waals surface area contributed by atoms with Crippen LogP contribution in [0.3, 0.4) is 0 Å². The van der Waals surface area contributed by atoms with Crippen LogP contribution in [0, 0.1) is 0 Å². The van der Waals surface area contributed by atoms with Gasteiger partial charge in [-0.25, -0.2) is 4.98 Å². The van der Waals surface area contributed by atoms with Crippen LogP contribution in [0.1, 0.15) is 47.7 Å². The molecule has 1 N–H and O–H groups in total. The maximum absolute atomic E-state index is 12.1. The predicted molar refractivity (Wildman–Crippen MR) is 71.2 cm³/mol. The molecule has 0 saturated heterocycles. The van der Waals surface area contributed by atoms with E-state index in [0.29, 0.717) is 28.8 Å². The molecule has 5 nitrogen and oxygen atoms in total. The van der Waals surface area contributed by atoms with Gasteiger partial charge in [0.05, 0.1) is 11.0 Å². The minimum Gasteiger partial charge on any atom is -0.388 e. The first-order valence-corrected chi connectivity index (χ1v) is 6.24. The largest absolute Gasteiger partial charge is 0.388 e. The van der Waals surface area contributed by atoms with Gasteiger partial charge in [-0.2, -0.15) is 0 Å². The lowest BCUT2D eigenvalue weighted by Gasteiger charge is -2.05. The molecule has 1 heterocycles. The fourth-order valence-electron chi connectivity index (χ4n) is 2.06. The van der Waals surface area contributed by atoms with Crippen molar-refractivity contribution in [3.8, 4) is 0 Å². The maximum atomic E-state index is 12.1. The molecule has 0 radical (unpaired) electrons. The van der Waals surface area contributed by atoms with Crippen molar-refractivity contribution in [1.82, 2.24) is 9.55 Å². The number of aliphatic hydroxyl groups is 1. The van der Waals surface area contributed by atoms with E-state index in [-0.39, 0.29) is 18.3 Å². The lowest BCUT2D eigenvalue weighted by molar-refractivity contribution is 0.0896. The molecule has 0 aliphatic carbocycles. The second-order valence-corrected chi connectivity index (χ2v) is 4.42. The number of benzene rings is 1. The van der Waals surface area contributed by atoms with Gasteiger partial charge in [0, 0.05) is 12.0 Å². The summed E-state index contributed by atoms with van der Waals surface area (Å²) in [6, 6.07) is 5.02. The molecular weight excluding hydrogens is 244 g/mol. The van der Waals surface area contributed by atoms with Gasteiger partial charge in [-0.1, -0.05) is 6.92 Å². The number of Topliss-reactive ketones (excluding diaryl/α,β-unsaturated/α-hetero) is 1. The predicted octanol–water partition coefficient (Wildman–Crippen LogP) is 2.17. The molecule has 2 aromatic rings. The summed E-state index contributed by atoms with van der Waals surface area (Å²) in [7, 11) is 0. The van der Waals surface area contributed by atoms with Crippen LogP contribution in [-0.4, -0.2) is 26.3 Å². The summed E-state index contributed by atoms with van der Waals surface area (Å²) in [4.78, 5) is 27.6. The second kappa shape index (κ2) is 5.32. The van der Waals surface area contributed by atoms with Crippen molar-refractivity contribution in [2.24, 2.45) is 0 Å². The Kier molecular flexibility index (Phi) is 3.76. The number of ketones is 1. The van der Waals surface area contributed by atoms with Gasteiger partial charge < -0.3 is 5.11 Å². The van der Waals surface area contributed by atoms with Crippen LogP contribution < -0.4 is 0 Å². The molecule has 0 saturated carbocycles. The normalized spacial score (nSPS) is 10.9. The van der Waals surface area contributed by atoms with Crippen LogP contribution in [0.25, 0.3) is 11.0 Å². The molecule has 0 aliphatic heterocycles. The number of carbonyl (C=O) groups excluding carboxylic acids is 2. The van der Waals surface area contributed by atoms with Gasteiger partial charge >= 0.3 is 0 Å². The number of carbonyl (C=O) groups is 2. The quantitative estimate of drug-likeness (QED) is 0.855. The summed E-state index contributed by atoms with van der Waals surface area (Å²) >= 11 is 0. The Hall–Kier alpha value is -2.01. The highest BCUT2D eigenvalue weighted by atomic mass is 16.3. The van der Waals surface area contributed by atoms with Crippen molar-refractivity contribution in [2.45, 2.75) is 33.3 Å². The van der Waals surface area contributed by atoms with Crippen LogP contribution in [-0.2, 0) is 6.61 Å². The molecule has 0 fully saturated rings. The summed E-state index contributed by atoms with van der Waals surface area (Å²) in [5, 5.41) is 9.31. The Morgan fingerprint density at radius 3 is 2.68 bits per heavy atom. The molecule has 100 valence electrons. The number of nitrogens with zero attached hydrogens (tertiary/aromatic N) is 2. The molecule has 0 amide bonds. The van der Waals surface area contributed by atoms with Crippen molar-refractivity contribution in [3.05, 3.63) is 29.6 Å². The molecular formula is C14H16N2O3. The van der Waals surface area contributed by atoms with Crippen LogP contribution in [0.15, 0.2) is 18.2 Å². The fourth-order valence-corrected chi connectivity index (χ4v) is 2.06. The van der Waals surface area contributed by atoms with Crippen LogP contribution in [0.4, 0.5) is 0 Å². The van der Waals surface area contributed by atoms with Crippen LogP contribution in [0.2, 0.25) is 0 Å². The molecule has 0 atom stereocenters. The molecule has 0 aliphatic rings. The van der Waals surface area contributed by atoms with E-state index in [1.807, 2.05) is 6.92 Å². The maximum Gasteiger partial charge on any atom is 0.232 e. The van der Waals surface area contributed by atoms with Gasteiger partial charge in [-0.05, 0) is 31.5 Å². The summed E-state index contributed by atoms with van der Waals surface area (Å²) in [5.41, 5.74) is 1.73. The highest BCUT2D eigenvalue weighted by molar-refractivity contribution is 5.99. The highest BCUT2D eigenvalue weighted by Gasteiger charge is 2.16. The van der Waals surface area contributed by atoms with Gasteiger partial charge in [0.15, 0.2) is 5.78 Å². The third kappa shape index (κ3) is 2.42. The minimum absolute atomic E-state index is 0.0538. The second-order valence-electron chi connectivity index (χ2n) is 4.42. The van der Waals surface area contributed by atoms with Gasteiger partial charge in [0.2, 0.25) is 5.91 Å². The van der Waals surface area contributed by atoms with E-state index in [1.165, 1.54) is 11.5 Å². The zero-order valence-electron chi connectivity index (χ0n) is 11.0. The summed E-state index contributed by atoms with van der Waals surface area (Å²) < 4.78 is 1.43. The molecule has 0 spiro atoms. The number of imidazole rings is 1. The Morgan fingerprint density at radius 1 is 1.37 bits per heavy atom. The monoisotopic (exact) mass is 260 g/mol. The van der Waals surface area contributed by atoms with E-state index in [1.54, 1.807) is 18.2 Å². The van der Waals surface area contributed by atoms with Gasteiger partial charge in [0.25, 0.3) is 0 Å². The van der Waals surface area contributed by atoms with E-state index in [9.17, 15) is 14.7 Å². The zero-order valence-corrected chi connectivity index (χ0v) is 11.0. The van der Waals surface area contributed by atoms with Crippen LogP contribution >= 0.6 is 0 Å². The van der Waals surface area contributed by atoms with Crippen molar-refractivity contribution in [1.29, 1.82) is 0 Å². The third-order valence-corrected chi connectivity index (χ3v) is 2.99. The number of aromatic nitrogens is 2. The smallest absolute Gasteiger partial charge is 0.232 e. The first-order chi connectivity index (χ1) is 9.08. The molecule has 19 heavy (non-hydrogen) atoms. The number of fused-ring (bicyclic) bond motifs is 1. The number of rotatable bonds is 4. The van der Waals surface area contributed by atoms with E-state index in [4.69, 9.17) is 0 Å². The van der Waals surface area contributed by atoms with E-state index in [0.717, 1.165) is 6.42 Å². The van der Waals surface area contributed by atoms with Crippen molar-refractivity contribution in [2.75, 3.05) is 0 Å². The van der Waals surface area contributed by atoms with Crippen molar-refractivity contribution in [3.63, 3.8) is 0 Å². The summed E-state index contributed by atoms with van der Waals surface area (Å²) in [6.07, 6.45) is 1.13. The molecule has 0 bridgehead atoms. The molecule has 1 aromatic heterocycles. The van der Waals surface area contributed by atoms with Crippen molar-refractivity contribution < 1.29 is 14.7 Å². The van der Waals surface area contributed by atoms with Gasteiger partial charge in [-0.3, -0.25) is 14.2 Å². The number of aliphatic hydroxyl groups excluding tert-OH is 1. The van der Waals surface area contributed by atoms with Crippen molar-refractivity contribution >= 4 is 22.7 Å². The topological polar surface area (TPSA) is 72.2 Å². The Balaban J connectivity index is 2.62. The SMILES string of the molecule is CCCC(=O)n1c(CO)nc2cc(C(C)=O)ccc21. The van der Waals surface area contributed by atoms with E-state index < -0.39 is 0 Å². The molecule has 2 rings (SSSR count). The standard InChI is InChI=1S/C14H16N2O3/c1-3-4-14(19)16-12-6-5-10(9(2)18)7-11(12)15-13(16)8-17/h5-7,17H,3-4,8H2,1-2H3. The summed E-state index contributed by atoms with van der Waals surface area (Å²) in [5.74, 6) is 0.167. The van der Waals surface area contributed by atoms with Gasteiger partial charge in [0.1, 0.15) is 12.4 Å². The Bertz CT molecular complexity index is 643. The first kappa shape index (κ1) is 13.4. The highest BCUT2D eigenvalue weighted by Crippen LogP contribution is 2.19. The third-order valence-electron chi connectivity index (χ3n) is 2.99. The van der Waals surface area contributed by atoms with Gasteiger partial charge in [-0.15, -0.1) is 0 Å². The fraction of sp³-hybridized carbons (Fsp3) is 0.357. The van der Waals surface area contributed by atoms with Crippen LogP contribution in [0.5, 0.6) is 0 Å².